The summed E-state index contributed by atoms with van der Waals surface area (Å²) in [5.41, 5.74) is -1.21. The maximum Gasteiger partial charge on any atom is 0.410 e. The number of nitrogens with zero attached hydrogens (tertiary/aromatic N) is 3. The zero-order chi connectivity index (χ0) is 19.6. The second kappa shape index (κ2) is 7.45. The van der Waals surface area contributed by atoms with E-state index in [1.54, 1.807) is 32.4 Å². The quantitative estimate of drug-likeness (QED) is 0.807. The van der Waals surface area contributed by atoms with Crippen LogP contribution in [-0.2, 0) is 11.3 Å². The topological polar surface area (TPSA) is 102 Å². The first-order valence-corrected chi connectivity index (χ1v) is 8.65. The van der Waals surface area contributed by atoms with Gasteiger partial charge < -0.3 is 19.3 Å². The Bertz CT molecular complexity index is 917. The van der Waals surface area contributed by atoms with Gasteiger partial charge in [0.25, 0.3) is 0 Å². The van der Waals surface area contributed by atoms with Crippen LogP contribution in [-0.4, -0.2) is 50.8 Å². The Balaban J connectivity index is 2.35. The Kier molecular flexibility index (Phi) is 5.70. The Labute approximate surface area is 158 Å². The number of aromatic nitrogens is 2. The third kappa shape index (κ3) is 4.60. The molecule has 0 aliphatic heterocycles. The fourth-order valence-electron chi connectivity index (χ4n) is 2.26. The number of pyridine rings is 2. The van der Waals surface area contributed by atoms with Gasteiger partial charge in [-0.15, -0.1) is 0 Å². The molecule has 0 unspecified atom stereocenters. The summed E-state index contributed by atoms with van der Waals surface area (Å²) in [7, 11) is 1.58. The number of rotatable bonds is 4. The molecule has 0 bridgehead atoms. The minimum absolute atomic E-state index is 0.194. The fourth-order valence-corrected chi connectivity index (χ4v) is 2.59. The van der Waals surface area contributed by atoms with E-state index in [9.17, 15) is 19.5 Å². The van der Waals surface area contributed by atoms with Crippen molar-refractivity contribution in [3.63, 3.8) is 0 Å². The Morgan fingerprint density at radius 2 is 2.04 bits per heavy atom. The second-order valence-electron chi connectivity index (χ2n) is 6.80. The van der Waals surface area contributed by atoms with E-state index in [1.807, 2.05) is 0 Å². The lowest BCUT2D eigenvalue weighted by molar-refractivity contribution is 0.0293. The standard InChI is InChI=1S/C17H20BrN3O5/c1-17(2,3)26-16(25)20(4)5-6-21-9-12(15(23)24)13(22)11-7-10(18)8-19-14(11)21/h7-9H,5-6H2,1-4H3,(H,23,24). The van der Waals surface area contributed by atoms with Crippen LogP contribution in [0.5, 0.6) is 0 Å². The van der Waals surface area contributed by atoms with Crippen LogP contribution in [0.25, 0.3) is 11.0 Å². The molecule has 0 fully saturated rings. The van der Waals surface area contributed by atoms with E-state index in [1.165, 1.54) is 23.4 Å². The van der Waals surface area contributed by atoms with Crippen LogP contribution in [0.15, 0.2) is 27.7 Å². The molecule has 0 aliphatic carbocycles. The van der Waals surface area contributed by atoms with Crippen molar-refractivity contribution in [2.45, 2.75) is 32.9 Å². The van der Waals surface area contributed by atoms with Gasteiger partial charge in [0, 0.05) is 37.0 Å². The SMILES string of the molecule is CN(CCn1cc(C(=O)O)c(=O)c2cc(Br)cnc21)C(=O)OC(C)(C)C. The van der Waals surface area contributed by atoms with Crippen molar-refractivity contribution in [2.75, 3.05) is 13.6 Å². The van der Waals surface area contributed by atoms with Crippen molar-refractivity contribution in [1.29, 1.82) is 0 Å². The largest absolute Gasteiger partial charge is 0.477 e. The molecule has 0 aliphatic rings. The number of likely N-dealkylation sites (N-methyl/N-ethyl adjacent to an activating group) is 1. The molecule has 0 atom stereocenters. The summed E-state index contributed by atoms with van der Waals surface area (Å²) in [4.78, 5) is 41.4. The van der Waals surface area contributed by atoms with Crippen molar-refractivity contribution in [2.24, 2.45) is 0 Å². The van der Waals surface area contributed by atoms with Gasteiger partial charge in [-0.25, -0.2) is 14.6 Å². The highest BCUT2D eigenvalue weighted by Crippen LogP contribution is 2.16. The molecule has 2 aromatic rings. The lowest BCUT2D eigenvalue weighted by atomic mass is 10.2. The number of fused-ring (bicyclic) bond motifs is 1. The number of carboxylic acid groups (broad SMARTS) is 1. The number of halogens is 1. The second-order valence-corrected chi connectivity index (χ2v) is 7.71. The molecule has 2 heterocycles. The molecule has 9 heteroatoms. The van der Waals surface area contributed by atoms with E-state index in [2.05, 4.69) is 20.9 Å². The van der Waals surface area contributed by atoms with Crippen LogP contribution < -0.4 is 5.43 Å². The summed E-state index contributed by atoms with van der Waals surface area (Å²) < 4.78 is 7.40. The molecular weight excluding hydrogens is 406 g/mol. The van der Waals surface area contributed by atoms with Crippen molar-refractivity contribution in [1.82, 2.24) is 14.5 Å². The first-order chi connectivity index (χ1) is 12.0. The molecule has 1 N–H and O–H groups in total. The molecule has 0 saturated carbocycles. The predicted octanol–water partition coefficient (Wildman–Crippen LogP) is 2.72. The monoisotopic (exact) mass is 425 g/mol. The fraction of sp³-hybridized carbons (Fsp3) is 0.412. The zero-order valence-electron chi connectivity index (χ0n) is 14.9. The van der Waals surface area contributed by atoms with Gasteiger partial charge in [-0.1, -0.05) is 0 Å². The van der Waals surface area contributed by atoms with Gasteiger partial charge in [0.1, 0.15) is 16.8 Å². The molecule has 0 aromatic carbocycles. The average Bonchev–Trinajstić information content (AvgIpc) is 2.52. The Morgan fingerprint density at radius 3 is 2.62 bits per heavy atom. The normalized spacial score (nSPS) is 11.4. The van der Waals surface area contributed by atoms with Gasteiger partial charge in [-0.05, 0) is 42.8 Å². The molecule has 1 amide bonds. The summed E-state index contributed by atoms with van der Waals surface area (Å²) in [6, 6.07) is 1.53. The van der Waals surface area contributed by atoms with E-state index >= 15 is 0 Å². The van der Waals surface area contributed by atoms with Gasteiger partial charge in [0.05, 0.1) is 5.39 Å². The van der Waals surface area contributed by atoms with Crippen LogP contribution in [0.3, 0.4) is 0 Å². The third-order valence-corrected chi connectivity index (χ3v) is 3.93. The summed E-state index contributed by atoms with van der Waals surface area (Å²) in [6.45, 7) is 5.82. The molecule has 140 valence electrons. The number of carboxylic acids is 1. The average molecular weight is 426 g/mol. The van der Waals surface area contributed by atoms with E-state index in [-0.39, 0.29) is 24.0 Å². The van der Waals surface area contributed by atoms with Crippen LogP contribution in [0.2, 0.25) is 0 Å². The highest BCUT2D eigenvalue weighted by Gasteiger charge is 2.20. The van der Waals surface area contributed by atoms with Crippen molar-refractivity contribution in [3.8, 4) is 0 Å². The molecule has 8 nitrogen and oxygen atoms in total. The number of aromatic carboxylic acids is 1. The number of carbonyl (C=O) groups is 2. The number of hydrogen-bond acceptors (Lipinski definition) is 5. The third-order valence-electron chi connectivity index (χ3n) is 3.49. The Hall–Kier alpha value is -2.42. The molecule has 2 rings (SSSR count). The summed E-state index contributed by atoms with van der Waals surface area (Å²) in [6.07, 6.45) is 2.28. The van der Waals surface area contributed by atoms with Crippen LogP contribution in [0.1, 0.15) is 31.1 Å². The van der Waals surface area contributed by atoms with Crippen LogP contribution >= 0.6 is 15.9 Å². The van der Waals surface area contributed by atoms with Crippen molar-refractivity contribution in [3.05, 3.63) is 38.7 Å². The first kappa shape index (κ1) is 19.9. The summed E-state index contributed by atoms with van der Waals surface area (Å²) in [5, 5.41) is 9.48. The maximum atomic E-state index is 12.3. The van der Waals surface area contributed by atoms with Crippen LogP contribution in [0, 0.1) is 0 Å². The smallest absolute Gasteiger partial charge is 0.410 e. The minimum atomic E-state index is -1.31. The van der Waals surface area contributed by atoms with Gasteiger partial charge in [-0.3, -0.25) is 4.79 Å². The number of hydrogen-bond donors (Lipinski definition) is 1. The predicted molar refractivity (Wildman–Crippen MR) is 99.5 cm³/mol. The summed E-state index contributed by atoms with van der Waals surface area (Å²) >= 11 is 3.23. The summed E-state index contributed by atoms with van der Waals surface area (Å²) in [5.74, 6) is -1.31. The van der Waals surface area contributed by atoms with Crippen LogP contribution in [0.4, 0.5) is 4.79 Å². The Morgan fingerprint density at radius 1 is 1.38 bits per heavy atom. The molecule has 0 spiro atoms. The van der Waals surface area contributed by atoms with E-state index in [0.29, 0.717) is 10.1 Å². The highest BCUT2D eigenvalue weighted by atomic mass is 79.9. The molecule has 0 saturated heterocycles. The van der Waals surface area contributed by atoms with E-state index < -0.39 is 23.1 Å². The van der Waals surface area contributed by atoms with E-state index in [4.69, 9.17) is 4.74 Å². The van der Waals surface area contributed by atoms with Gasteiger partial charge >= 0.3 is 12.1 Å². The molecular formula is C17H20BrN3O5. The van der Waals surface area contributed by atoms with E-state index in [0.717, 1.165) is 0 Å². The van der Waals surface area contributed by atoms with Gasteiger partial charge in [0.15, 0.2) is 0 Å². The van der Waals surface area contributed by atoms with Crippen molar-refractivity contribution >= 4 is 39.0 Å². The first-order valence-electron chi connectivity index (χ1n) is 7.85. The molecule has 26 heavy (non-hydrogen) atoms. The maximum absolute atomic E-state index is 12.3. The number of carbonyl (C=O) groups excluding carboxylic acids is 1. The number of ether oxygens (including phenoxy) is 1. The highest BCUT2D eigenvalue weighted by molar-refractivity contribution is 9.10. The van der Waals surface area contributed by atoms with Crippen molar-refractivity contribution < 1.29 is 19.4 Å². The minimum Gasteiger partial charge on any atom is -0.477 e. The lowest BCUT2D eigenvalue weighted by Gasteiger charge is -2.25. The number of amides is 1. The van der Waals surface area contributed by atoms with Gasteiger partial charge in [0.2, 0.25) is 5.43 Å². The lowest BCUT2D eigenvalue weighted by Crippen LogP contribution is -2.36. The zero-order valence-corrected chi connectivity index (χ0v) is 16.5. The molecule has 0 radical (unpaired) electrons. The van der Waals surface area contributed by atoms with Gasteiger partial charge in [-0.2, -0.15) is 0 Å². The molecule has 2 aromatic heterocycles.